The molecule has 7 nitrogen and oxygen atoms in total. The monoisotopic (exact) mass is 429 g/mol. The van der Waals surface area contributed by atoms with Crippen LogP contribution in [0.3, 0.4) is 0 Å². The van der Waals surface area contributed by atoms with Crippen molar-refractivity contribution in [3.63, 3.8) is 0 Å². The molecule has 1 aromatic heterocycles. The molecule has 4 rings (SSSR count). The molecule has 2 heterocycles. The number of hydrogen-bond acceptors (Lipinski definition) is 4. The zero-order valence-corrected chi connectivity index (χ0v) is 17.9. The van der Waals surface area contributed by atoms with Gasteiger partial charge in [-0.15, -0.1) is 0 Å². The fourth-order valence-corrected chi connectivity index (χ4v) is 3.80. The number of carbonyl (C=O) groups is 2. The first-order valence-corrected chi connectivity index (χ1v) is 10.9. The Morgan fingerprint density at radius 3 is 2.41 bits per heavy atom. The number of carbonyl (C=O) groups excluding carboxylic acids is 2. The summed E-state index contributed by atoms with van der Waals surface area (Å²) in [5.74, 6) is 0.00561. The van der Waals surface area contributed by atoms with Gasteiger partial charge >= 0.3 is 0 Å². The Labute approximate surface area is 187 Å². The van der Waals surface area contributed by atoms with Gasteiger partial charge in [0.05, 0.1) is 6.54 Å². The maximum Gasteiger partial charge on any atom is 0.246 e. The van der Waals surface area contributed by atoms with Crippen molar-refractivity contribution < 1.29 is 9.59 Å². The molecule has 1 aliphatic heterocycles. The first-order chi connectivity index (χ1) is 15.7. The Morgan fingerprint density at radius 1 is 1.00 bits per heavy atom. The molecule has 0 unspecified atom stereocenters. The molecule has 1 aliphatic rings. The molecular formula is C25H27N5O2. The van der Waals surface area contributed by atoms with Crippen LogP contribution in [0.5, 0.6) is 0 Å². The van der Waals surface area contributed by atoms with E-state index in [1.54, 1.807) is 17.1 Å². The van der Waals surface area contributed by atoms with Gasteiger partial charge in [-0.2, -0.15) is 5.10 Å². The van der Waals surface area contributed by atoms with Gasteiger partial charge in [0.1, 0.15) is 12.7 Å². The molecule has 0 saturated carbocycles. The van der Waals surface area contributed by atoms with Gasteiger partial charge in [-0.25, -0.2) is 9.67 Å². The molecule has 32 heavy (non-hydrogen) atoms. The maximum absolute atomic E-state index is 12.6. The van der Waals surface area contributed by atoms with Gasteiger partial charge in [-0.3, -0.25) is 9.59 Å². The van der Waals surface area contributed by atoms with Crippen LogP contribution < -0.4 is 5.32 Å². The second-order valence-corrected chi connectivity index (χ2v) is 7.97. The first kappa shape index (κ1) is 21.5. The van der Waals surface area contributed by atoms with Crippen LogP contribution in [0.15, 0.2) is 73.3 Å². The quantitative estimate of drug-likeness (QED) is 0.586. The van der Waals surface area contributed by atoms with Crippen LogP contribution in [0.1, 0.15) is 29.5 Å². The van der Waals surface area contributed by atoms with E-state index in [0.717, 1.165) is 16.7 Å². The molecule has 2 amide bonds. The lowest BCUT2D eigenvalue weighted by molar-refractivity contribution is -0.132. The molecule has 0 aliphatic carbocycles. The van der Waals surface area contributed by atoms with Gasteiger partial charge in [-0.05, 0) is 35.6 Å². The molecule has 3 aromatic rings. The number of benzene rings is 2. The summed E-state index contributed by atoms with van der Waals surface area (Å²) < 4.78 is 1.77. The van der Waals surface area contributed by atoms with E-state index in [0.29, 0.717) is 39.0 Å². The second kappa shape index (κ2) is 10.5. The number of piperidine rings is 1. The minimum absolute atomic E-state index is 0.00121. The fourth-order valence-electron chi connectivity index (χ4n) is 3.80. The lowest BCUT2D eigenvalue weighted by atomic mass is 9.95. The van der Waals surface area contributed by atoms with E-state index < -0.39 is 0 Å². The smallest absolute Gasteiger partial charge is 0.246 e. The summed E-state index contributed by atoms with van der Waals surface area (Å²) in [6, 6.07) is 17.9. The summed E-state index contributed by atoms with van der Waals surface area (Å²) in [6.07, 6.45) is 8.03. The average molecular weight is 430 g/mol. The van der Waals surface area contributed by atoms with E-state index in [-0.39, 0.29) is 17.7 Å². The third-order valence-corrected chi connectivity index (χ3v) is 5.70. The average Bonchev–Trinajstić information content (AvgIpc) is 3.36. The van der Waals surface area contributed by atoms with Crippen LogP contribution in [0.25, 0.3) is 6.08 Å². The highest BCUT2D eigenvalue weighted by Crippen LogP contribution is 2.18. The van der Waals surface area contributed by atoms with Crippen molar-refractivity contribution in [2.45, 2.75) is 25.9 Å². The number of nitrogens with zero attached hydrogens (tertiary/aromatic N) is 4. The minimum atomic E-state index is -0.0521. The van der Waals surface area contributed by atoms with Gasteiger partial charge in [0.15, 0.2) is 0 Å². The van der Waals surface area contributed by atoms with E-state index in [1.807, 2.05) is 65.6 Å². The van der Waals surface area contributed by atoms with Gasteiger partial charge in [0.2, 0.25) is 11.8 Å². The van der Waals surface area contributed by atoms with Crippen molar-refractivity contribution in [2.24, 2.45) is 5.92 Å². The van der Waals surface area contributed by atoms with E-state index in [1.165, 1.54) is 6.33 Å². The predicted molar refractivity (Wildman–Crippen MR) is 122 cm³/mol. The minimum Gasteiger partial charge on any atom is -0.352 e. The van der Waals surface area contributed by atoms with Crippen molar-refractivity contribution in [2.75, 3.05) is 13.1 Å². The van der Waals surface area contributed by atoms with E-state index in [9.17, 15) is 9.59 Å². The van der Waals surface area contributed by atoms with Crippen LogP contribution in [0.4, 0.5) is 0 Å². The van der Waals surface area contributed by atoms with Gasteiger partial charge in [0.25, 0.3) is 0 Å². The van der Waals surface area contributed by atoms with Crippen LogP contribution >= 0.6 is 0 Å². The number of rotatable bonds is 7. The van der Waals surface area contributed by atoms with Crippen LogP contribution in [-0.2, 0) is 22.7 Å². The Hall–Kier alpha value is -3.74. The lowest BCUT2D eigenvalue weighted by Gasteiger charge is -2.30. The van der Waals surface area contributed by atoms with Crippen LogP contribution in [0.2, 0.25) is 0 Å². The maximum atomic E-state index is 12.6. The van der Waals surface area contributed by atoms with Crippen LogP contribution in [-0.4, -0.2) is 44.6 Å². The highest BCUT2D eigenvalue weighted by molar-refractivity contribution is 5.92. The molecule has 2 aromatic carbocycles. The second-order valence-electron chi connectivity index (χ2n) is 7.97. The zero-order chi connectivity index (χ0) is 22.2. The van der Waals surface area contributed by atoms with Gasteiger partial charge < -0.3 is 10.2 Å². The zero-order valence-electron chi connectivity index (χ0n) is 17.9. The molecular weight excluding hydrogens is 402 g/mol. The molecule has 164 valence electrons. The van der Waals surface area contributed by atoms with Crippen molar-refractivity contribution in [3.05, 3.63) is 90.0 Å². The largest absolute Gasteiger partial charge is 0.352 e. The summed E-state index contributed by atoms with van der Waals surface area (Å²) in [5.41, 5.74) is 3.19. The summed E-state index contributed by atoms with van der Waals surface area (Å²) in [4.78, 5) is 30.8. The molecule has 0 radical (unpaired) electrons. The number of amides is 2. The number of aromatic nitrogens is 3. The summed E-state index contributed by atoms with van der Waals surface area (Å²) in [6.45, 7) is 2.38. The highest BCUT2D eigenvalue weighted by atomic mass is 16.2. The molecule has 0 bridgehead atoms. The topological polar surface area (TPSA) is 80.1 Å². The Balaban J connectivity index is 1.20. The van der Waals surface area contributed by atoms with Crippen molar-refractivity contribution >= 4 is 17.9 Å². The third-order valence-electron chi connectivity index (χ3n) is 5.70. The van der Waals surface area contributed by atoms with Crippen LogP contribution in [0, 0.1) is 5.92 Å². The van der Waals surface area contributed by atoms with E-state index in [4.69, 9.17) is 0 Å². The fraction of sp³-hybridized carbons (Fsp3) is 0.280. The summed E-state index contributed by atoms with van der Waals surface area (Å²) in [7, 11) is 0. The van der Waals surface area contributed by atoms with Crippen molar-refractivity contribution in [1.29, 1.82) is 0 Å². The van der Waals surface area contributed by atoms with E-state index >= 15 is 0 Å². The predicted octanol–water partition coefficient (Wildman–Crippen LogP) is 2.89. The molecule has 0 spiro atoms. The molecule has 1 saturated heterocycles. The number of likely N-dealkylation sites (tertiary alicyclic amines) is 1. The molecule has 1 fully saturated rings. The normalized spacial score (nSPS) is 14.6. The summed E-state index contributed by atoms with van der Waals surface area (Å²) in [5, 5.41) is 7.15. The molecule has 1 N–H and O–H groups in total. The highest BCUT2D eigenvalue weighted by Gasteiger charge is 2.26. The van der Waals surface area contributed by atoms with Crippen molar-refractivity contribution in [1.82, 2.24) is 25.0 Å². The molecule has 0 atom stereocenters. The van der Waals surface area contributed by atoms with Gasteiger partial charge in [0, 0.05) is 31.6 Å². The lowest BCUT2D eigenvalue weighted by Crippen LogP contribution is -2.42. The Morgan fingerprint density at radius 2 is 1.72 bits per heavy atom. The molecule has 7 heteroatoms. The Bertz CT molecular complexity index is 1040. The third kappa shape index (κ3) is 5.91. The number of nitrogens with one attached hydrogen (secondary N) is 1. The SMILES string of the molecule is O=C(NCc1ccc(Cn2cncn2)cc1)C1CCN(C(=O)/C=C/c2ccccc2)CC1. The standard InChI is InChI=1S/C25H27N5O2/c31-24(11-10-20-4-2-1-3-5-20)29-14-12-23(13-15-29)25(32)27-16-21-6-8-22(9-7-21)17-30-19-26-18-28-30/h1-11,18-19,23H,12-17H2,(H,27,32)/b11-10+. The Kier molecular flexibility index (Phi) is 7.07. The summed E-state index contributed by atoms with van der Waals surface area (Å²) >= 11 is 0. The van der Waals surface area contributed by atoms with Crippen molar-refractivity contribution in [3.8, 4) is 0 Å². The first-order valence-electron chi connectivity index (χ1n) is 10.9. The van der Waals surface area contributed by atoms with Gasteiger partial charge in [-0.1, -0.05) is 54.6 Å². The van der Waals surface area contributed by atoms with E-state index in [2.05, 4.69) is 15.4 Å². The number of hydrogen-bond donors (Lipinski definition) is 1.